The van der Waals surface area contributed by atoms with Crippen LogP contribution < -0.4 is 5.43 Å². The molecule has 0 bridgehead atoms. The van der Waals surface area contributed by atoms with Crippen molar-refractivity contribution in [3.8, 4) is 0 Å². The van der Waals surface area contributed by atoms with E-state index in [0.717, 1.165) is 12.1 Å². The Labute approximate surface area is 129 Å². The van der Waals surface area contributed by atoms with Crippen LogP contribution in [0.2, 0.25) is 5.02 Å². The summed E-state index contributed by atoms with van der Waals surface area (Å²) in [5.41, 5.74) is 2.62. The van der Waals surface area contributed by atoms with Gasteiger partial charge in [0.05, 0.1) is 11.1 Å². The van der Waals surface area contributed by atoms with Gasteiger partial charge in [0.15, 0.2) is 0 Å². The van der Waals surface area contributed by atoms with E-state index in [1.165, 1.54) is 36.5 Å². The fraction of sp³-hybridized carbons (Fsp3) is 0. The molecule has 22 heavy (non-hydrogen) atoms. The molecule has 112 valence electrons. The lowest BCUT2D eigenvalue weighted by Crippen LogP contribution is -2.17. The number of rotatable bonds is 4. The second kappa shape index (κ2) is 6.77. The molecule has 0 saturated carbocycles. The molecule has 0 fully saturated rings. The minimum Gasteiger partial charge on any atom is -0.267 e. The van der Waals surface area contributed by atoms with Gasteiger partial charge in [0.1, 0.15) is 10.8 Å². The van der Waals surface area contributed by atoms with Crippen LogP contribution in [0.15, 0.2) is 47.6 Å². The maximum Gasteiger partial charge on any atom is 0.288 e. The molecule has 0 atom stereocenters. The van der Waals surface area contributed by atoms with Crippen molar-refractivity contribution in [1.29, 1.82) is 0 Å². The van der Waals surface area contributed by atoms with Gasteiger partial charge < -0.3 is 0 Å². The van der Waals surface area contributed by atoms with E-state index in [1.807, 2.05) is 0 Å². The molecule has 0 aliphatic heterocycles. The lowest BCUT2D eigenvalue weighted by molar-refractivity contribution is -0.384. The summed E-state index contributed by atoms with van der Waals surface area (Å²) in [5, 5.41) is 14.4. The number of nitro benzene ring substituents is 1. The number of amides is 1. The zero-order valence-corrected chi connectivity index (χ0v) is 11.7. The molecule has 0 aliphatic carbocycles. The number of halogens is 2. The average Bonchev–Trinajstić information content (AvgIpc) is 2.49. The smallest absolute Gasteiger partial charge is 0.267 e. The van der Waals surface area contributed by atoms with Crippen molar-refractivity contribution in [2.45, 2.75) is 0 Å². The third kappa shape index (κ3) is 3.86. The summed E-state index contributed by atoms with van der Waals surface area (Å²) in [4.78, 5) is 21.8. The number of nitro groups is 1. The SMILES string of the molecule is O=C(NN=Cc1ccc(Cl)c([N+](=O)[O-])c1)c1ccc(F)cc1. The molecule has 1 N–H and O–H groups in total. The largest absolute Gasteiger partial charge is 0.288 e. The molecule has 2 aromatic carbocycles. The molecule has 1 amide bonds. The Kier molecular flexibility index (Phi) is 4.80. The number of hydrogen-bond acceptors (Lipinski definition) is 4. The highest BCUT2D eigenvalue weighted by Gasteiger charge is 2.11. The summed E-state index contributed by atoms with van der Waals surface area (Å²) in [7, 11) is 0. The summed E-state index contributed by atoms with van der Waals surface area (Å²) in [6, 6.07) is 9.05. The molecule has 0 heterocycles. The normalized spacial score (nSPS) is 10.6. The number of nitrogens with one attached hydrogen (secondary N) is 1. The molecular weight excluding hydrogens is 313 g/mol. The van der Waals surface area contributed by atoms with E-state index < -0.39 is 16.6 Å². The van der Waals surface area contributed by atoms with Crippen LogP contribution in [0.4, 0.5) is 10.1 Å². The fourth-order valence-corrected chi connectivity index (χ4v) is 1.77. The predicted octanol–water partition coefficient (Wildman–Crippen LogP) is 3.15. The van der Waals surface area contributed by atoms with Gasteiger partial charge in [-0.05, 0) is 30.3 Å². The van der Waals surface area contributed by atoms with Gasteiger partial charge >= 0.3 is 0 Å². The van der Waals surface area contributed by atoms with Crippen molar-refractivity contribution in [2.24, 2.45) is 5.10 Å². The first-order valence-corrected chi connectivity index (χ1v) is 6.38. The summed E-state index contributed by atoms with van der Waals surface area (Å²) >= 11 is 5.68. The van der Waals surface area contributed by atoms with E-state index in [9.17, 15) is 19.3 Å². The first-order chi connectivity index (χ1) is 10.5. The van der Waals surface area contributed by atoms with Crippen LogP contribution in [0.3, 0.4) is 0 Å². The van der Waals surface area contributed by atoms with Gasteiger partial charge in [-0.1, -0.05) is 17.7 Å². The van der Waals surface area contributed by atoms with Gasteiger partial charge in [-0.15, -0.1) is 0 Å². The average molecular weight is 322 g/mol. The van der Waals surface area contributed by atoms with Gasteiger partial charge in [-0.3, -0.25) is 14.9 Å². The highest BCUT2D eigenvalue weighted by atomic mass is 35.5. The molecule has 0 aromatic heterocycles. The molecule has 0 aliphatic rings. The van der Waals surface area contributed by atoms with Crippen molar-refractivity contribution in [3.63, 3.8) is 0 Å². The molecular formula is C14H9ClFN3O3. The number of benzene rings is 2. The van der Waals surface area contributed by atoms with Crippen LogP contribution in [0.25, 0.3) is 0 Å². The minimum atomic E-state index is -0.614. The van der Waals surface area contributed by atoms with Crippen LogP contribution in [-0.4, -0.2) is 17.0 Å². The molecule has 2 rings (SSSR count). The lowest BCUT2D eigenvalue weighted by Gasteiger charge is -2.00. The molecule has 6 nitrogen and oxygen atoms in total. The highest BCUT2D eigenvalue weighted by Crippen LogP contribution is 2.24. The summed E-state index contributed by atoms with van der Waals surface area (Å²) in [5.74, 6) is -0.978. The third-order valence-corrected chi connectivity index (χ3v) is 2.97. The monoisotopic (exact) mass is 321 g/mol. The standard InChI is InChI=1S/C14H9ClFN3O3/c15-12-6-1-9(7-13(12)19(21)22)8-17-18-14(20)10-2-4-11(16)5-3-10/h1-8H,(H,18,20). The summed E-state index contributed by atoms with van der Waals surface area (Å²) in [6.07, 6.45) is 1.24. The minimum absolute atomic E-state index is 0.0116. The molecule has 0 spiro atoms. The Balaban J connectivity index is 2.06. The Hall–Kier alpha value is -2.80. The highest BCUT2D eigenvalue weighted by molar-refractivity contribution is 6.32. The summed E-state index contributed by atoms with van der Waals surface area (Å²) < 4.78 is 12.7. The molecule has 2 aromatic rings. The van der Waals surface area contributed by atoms with Crippen LogP contribution in [0.1, 0.15) is 15.9 Å². The van der Waals surface area contributed by atoms with E-state index in [1.54, 1.807) is 0 Å². The number of hydrogen-bond donors (Lipinski definition) is 1. The zero-order valence-electron chi connectivity index (χ0n) is 11.0. The van der Waals surface area contributed by atoms with Crippen molar-refractivity contribution in [3.05, 3.63) is 74.5 Å². The van der Waals surface area contributed by atoms with Gasteiger partial charge in [-0.25, -0.2) is 9.82 Å². The van der Waals surface area contributed by atoms with E-state index in [2.05, 4.69) is 10.5 Å². The second-order valence-corrected chi connectivity index (χ2v) is 4.58. The zero-order chi connectivity index (χ0) is 16.1. The maximum atomic E-state index is 12.7. The molecule has 0 radical (unpaired) electrons. The number of hydrazone groups is 1. The van der Waals surface area contributed by atoms with E-state index in [0.29, 0.717) is 5.56 Å². The van der Waals surface area contributed by atoms with Crippen molar-refractivity contribution >= 4 is 29.4 Å². The first kappa shape index (κ1) is 15.6. The Bertz CT molecular complexity index is 747. The quantitative estimate of drug-likeness (QED) is 0.533. The van der Waals surface area contributed by atoms with Crippen LogP contribution in [-0.2, 0) is 0 Å². The van der Waals surface area contributed by atoms with Crippen LogP contribution in [0, 0.1) is 15.9 Å². The van der Waals surface area contributed by atoms with Crippen LogP contribution in [0.5, 0.6) is 0 Å². The van der Waals surface area contributed by atoms with Crippen molar-refractivity contribution in [2.75, 3.05) is 0 Å². The molecule has 8 heteroatoms. The van der Waals surface area contributed by atoms with E-state index in [-0.39, 0.29) is 16.3 Å². The van der Waals surface area contributed by atoms with Crippen molar-refractivity contribution < 1.29 is 14.1 Å². The predicted molar refractivity (Wildman–Crippen MR) is 79.6 cm³/mol. The molecule has 0 saturated heterocycles. The topological polar surface area (TPSA) is 84.6 Å². The maximum absolute atomic E-state index is 12.7. The Morgan fingerprint density at radius 2 is 1.95 bits per heavy atom. The van der Waals surface area contributed by atoms with Gasteiger partial charge in [0, 0.05) is 17.2 Å². The van der Waals surface area contributed by atoms with Crippen molar-refractivity contribution in [1.82, 2.24) is 5.43 Å². The number of carbonyl (C=O) groups excluding carboxylic acids is 1. The van der Waals surface area contributed by atoms with Crippen LogP contribution >= 0.6 is 11.6 Å². The second-order valence-electron chi connectivity index (χ2n) is 4.17. The fourth-order valence-electron chi connectivity index (χ4n) is 1.58. The Morgan fingerprint density at radius 1 is 1.27 bits per heavy atom. The lowest BCUT2D eigenvalue weighted by atomic mass is 10.2. The van der Waals surface area contributed by atoms with Gasteiger partial charge in [0.25, 0.3) is 11.6 Å². The van der Waals surface area contributed by atoms with Gasteiger partial charge in [-0.2, -0.15) is 5.10 Å². The molecule has 0 unspecified atom stereocenters. The Morgan fingerprint density at radius 3 is 2.59 bits per heavy atom. The third-order valence-electron chi connectivity index (χ3n) is 2.65. The number of nitrogens with zero attached hydrogens (tertiary/aromatic N) is 2. The van der Waals surface area contributed by atoms with Gasteiger partial charge in [0.2, 0.25) is 0 Å². The van der Waals surface area contributed by atoms with E-state index >= 15 is 0 Å². The van der Waals surface area contributed by atoms with E-state index in [4.69, 9.17) is 11.6 Å². The number of carbonyl (C=O) groups is 1. The first-order valence-electron chi connectivity index (χ1n) is 6.00. The summed E-state index contributed by atoms with van der Waals surface area (Å²) in [6.45, 7) is 0.